The first-order chi connectivity index (χ1) is 17.1. The molecule has 3 aromatic rings. The van der Waals surface area contributed by atoms with Gasteiger partial charge >= 0.3 is 0 Å². The molecule has 0 spiro atoms. The summed E-state index contributed by atoms with van der Waals surface area (Å²) < 4.78 is 10.7. The Morgan fingerprint density at radius 1 is 1.00 bits per heavy atom. The number of carbonyl (C=O) groups is 1. The number of aryl methyl sites for hydroxylation is 2. The van der Waals surface area contributed by atoms with Crippen LogP contribution < -0.4 is 19.7 Å². The van der Waals surface area contributed by atoms with Crippen molar-refractivity contribution in [2.45, 2.75) is 12.8 Å². The Kier molecular flexibility index (Phi) is 8.23. The number of amides is 1. The van der Waals surface area contributed by atoms with E-state index in [4.69, 9.17) is 14.6 Å². The van der Waals surface area contributed by atoms with Crippen LogP contribution in [-0.4, -0.2) is 79.7 Å². The highest BCUT2D eigenvalue weighted by Crippen LogP contribution is 2.24. The molecule has 2 aromatic carbocycles. The van der Waals surface area contributed by atoms with Crippen LogP contribution in [0.25, 0.3) is 0 Å². The van der Waals surface area contributed by atoms with Crippen molar-refractivity contribution in [3.05, 3.63) is 65.4 Å². The molecule has 0 bridgehead atoms. The first-order valence-electron chi connectivity index (χ1n) is 11.8. The molecule has 186 valence electrons. The molecule has 0 unspecified atom stereocenters. The number of aliphatic hydroxyl groups excluding tert-OH is 1. The third-order valence-corrected chi connectivity index (χ3v) is 6.25. The number of carbonyl (C=O) groups excluding carboxylic acids is 1. The number of hydrogen-bond acceptors (Lipinski definition) is 7. The van der Waals surface area contributed by atoms with Crippen molar-refractivity contribution in [1.82, 2.24) is 15.1 Å². The summed E-state index contributed by atoms with van der Waals surface area (Å²) in [6.45, 7) is 4.58. The highest BCUT2D eigenvalue weighted by atomic mass is 16.5. The molecular formula is C26H33N5O4. The van der Waals surface area contributed by atoms with Crippen LogP contribution in [0.4, 0.5) is 11.5 Å². The summed E-state index contributed by atoms with van der Waals surface area (Å²) in [7, 11) is 3.27. The maximum absolute atomic E-state index is 12.7. The maximum atomic E-state index is 12.7. The number of aliphatic hydroxyl groups is 1. The van der Waals surface area contributed by atoms with Gasteiger partial charge in [-0.05, 0) is 54.8 Å². The Balaban J connectivity index is 1.29. The maximum Gasteiger partial charge on any atom is 0.256 e. The third-order valence-electron chi connectivity index (χ3n) is 6.25. The zero-order chi connectivity index (χ0) is 24.6. The van der Waals surface area contributed by atoms with Crippen LogP contribution in [0, 0.1) is 0 Å². The summed E-state index contributed by atoms with van der Waals surface area (Å²) in [5.74, 6) is 1.82. The zero-order valence-corrected chi connectivity index (χ0v) is 20.3. The van der Waals surface area contributed by atoms with Crippen LogP contribution in [0.2, 0.25) is 0 Å². The average molecular weight is 480 g/mol. The van der Waals surface area contributed by atoms with Gasteiger partial charge in [0.05, 0.1) is 20.8 Å². The number of anilines is 2. The van der Waals surface area contributed by atoms with E-state index in [-0.39, 0.29) is 12.5 Å². The second-order valence-electron chi connectivity index (χ2n) is 8.55. The molecular weight excluding hydrogens is 446 g/mol. The summed E-state index contributed by atoms with van der Waals surface area (Å²) in [5.41, 5.74) is 3.70. The predicted octanol–water partition coefficient (Wildman–Crippen LogP) is 2.58. The molecule has 1 saturated heterocycles. The van der Waals surface area contributed by atoms with Crippen LogP contribution in [0.5, 0.6) is 11.5 Å². The fraction of sp³-hybridized carbons (Fsp3) is 0.385. The molecule has 9 heteroatoms. The molecule has 0 aliphatic carbocycles. The van der Waals surface area contributed by atoms with Gasteiger partial charge in [-0.2, -0.15) is 5.10 Å². The summed E-state index contributed by atoms with van der Waals surface area (Å²) >= 11 is 0. The first kappa shape index (κ1) is 24.6. The van der Waals surface area contributed by atoms with E-state index in [1.165, 1.54) is 0 Å². The van der Waals surface area contributed by atoms with Gasteiger partial charge in [0, 0.05) is 61.8 Å². The minimum Gasteiger partial charge on any atom is -0.497 e. The lowest BCUT2D eigenvalue weighted by Crippen LogP contribution is -2.47. The number of aromatic amines is 1. The second-order valence-corrected chi connectivity index (χ2v) is 8.55. The van der Waals surface area contributed by atoms with Crippen LogP contribution in [0.1, 0.15) is 21.6 Å². The van der Waals surface area contributed by atoms with Crippen molar-refractivity contribution >= 4 is 17.4 Å². The molecule has 1 fully saturated rings. The smallest absolute Gasteiger partial charge is 0.256 e. The molecule has 1 aliphatic heterocycles. The molecule has 1 aromatic heterocycles. The first-order valence-corrected chi connectivity index (χ1v) is 11.8. The number of benzene rings is 2. The lowest BCUT2D eigenvalue weighted by atomic mass is 10.1. The van der Waals surface area contributed by atoms with Crippen molar-refractivity contribution in [3.8, 4) is 11.5 Å². The van der Waals surface area contributed by atoms with Gasteiger partial charge in [-0.3, -0.25) is 14.8 Å². The fourth-order valence-electron chi connectivity index (χ4n) is 4.23. The van der Waals surface area contributed by atoms with E-state index < -0.39 is 0 Å². The average Bonchev–Trinajstić information content (AvgIpc) is 3.35. The highest BCUT2D eigenvalue weighted by molar-refractivity contribution is 6.03. The van der Waals surface area contributed by atoms with Crippen molar-refractivity contribution in [3.63, 3.8) is 0 Å². The summed E-state index contributed by atoms with van der Waals surface area (Å²) in [5, 5.41) is 19.2. The Morgan fingerprint density at radius 3 is 2.31 bits per heavy atom. The van der Waals surface area contributed by atoms with Gasteiger partial charge in [0.2, 0.25) is 0 Å². The van der Waals surface area contributed by atoms with Crippen LogP contribution >= 0.6 is 0 Å². The Morgan fingerprint density at radius 2 is 1.69 bits per heavy atom. The van der Waals surface area contributed by atoms with Gasteiger partial charge in [-0.1, -0.05) is 0 Å². The van der Waals surface area contributed by atoms with Gasteiger partial charge in [0.1, 0.15) is 11.5 Å². The standard InChI is InChI=1S/C26H33N5O4/c1-34-23-15-19(16-24(18-23)35-2)3-6-21-17-25(29-28-21)27-26(33)20-4-7-22(8-5-20)31-11-9-30(10-12-31)13-14-32/h4-5,7-8,15-18,32H,3,6,9-14H2,1-2H3,(H2,27,28,29,33). The van der Waals surface area contributed by atoms with Crippen molar-refractivity contribution in [2.75, 3.05) is 63.8 Å². The Hall–Kier alpha value is -3.56. The van der Waals surface area contributed by atoms with Crippen molar-refractivity contribution in [2.24, 2.45) is 0 Å². The predicted molar refractivity (Wildman–Crippen MR) is 136 cm³/mol. The van der Waals surface area contributed by atoms with E-state index in [0.717, 1.165) is 74.0 Å². The highest BCUT2D eigenvalue weighted by Gasteiger charge is 2.17. The molecule has 2 heterocycles. The van der Waals surface area contributed by atoms with E-state index in [0.29, 0.717) is 11.4 Å². The van der Waals surface area contributed by atoms with Crippen molar-refractivity contribution in [1.29, 1.82) is 0 Å². The molecule has 9 nitrogen and oxygen atoms in total. The molecule has 0 radical (unpaired) electrons. The third kappa shape index (κ3) is 6.52. The van der Waals surface area contributed by atoms with E-state index in [1.54, 1.807) is 14.2 Å². The quantitative estimate of drug-likeness (QED) is 0.411. The number of methoxy groups -OCH3 is 2. The Bertz CT molecular complexity index is 1080. The molecule has 0 saturated carbocycles. The SMILES string of the molecule is COc1cc(CCc2cc(NC(=O)c3ccc(N4CCN(CCO)CC4)cc3)n[nH]2)cc(OC)c1. The number of β-amino-alcohol motifs (C(OH)–C–C–N with tert-alkyl or cyclic N) is 1. The largest absolute Gasteiger partial charge is 0.497 e. The van der Waals surface area contributed by atoms with Gasteiger partial charge in [0.15, 0.2) is 5.82 Å². The second kappa shape index (κ2) is 11.7. The number of nitrogens with one attached hydrogen (secondary N) is 2. The number of H-pyrrole nitrogens is 1. The van der Waals surface area contributed by atoms with E-state index in [2.05, 4.69) is 25.3 Å². The monoisotopic (exact) mass is 479 g/mol. The van der Waals surface area contributed by atoms with Crippen LogP contribution in [0.3, 0.4) is 0 Å². The normalized spacial score (nSPS) is 14.1. The van der Waals surface area contributed by atoms with Crippen LogP contribution in [0.15, 0.2) is 48.5 Å². The fourth-order valence-corrected chi connectivity index (χ4v) is 4.23. The summed E-state index contributed by atoms with van der Waals surface area (Å²) in [6.07, 6.45) is 1.51. The van der Waals surface area contributed by atoms with Gasteiger partial charge in [0.25, 0.3) is 5.91 Å². The molecule has 3 N–H and O–H groups in total. The summed E-state index contributed by atoms with van der Waals surface area (Å²) in [6, 6.07) is 15.3. The van der Waals surface area contributed by atoms with E-state index in [1.807, 2.05) is 48.5 Å². The molecule has 4 rings (SSSR count). The van der Waals surface area contributed by atoms with Gasteiger partial charge in [-0.25, -0.2) is 0 Å². The van der Waals surface area contributed by atoms with Crippen LogP contribution in [-0.2, 0) is 12.8 Å². The molecule has 35 heavy (non-hydrogen) atoms. The van der Waals surface area contributed by atoms with Crippen molar-refractivity contribution < 1.29 is 19.4 Å². The number of piperazine rings is 1. The Labute approximate surface area is 205 Å². The minimum absolute atomic E-state index is 0.193. The topological polar surface area (TPSA) is 103 Å². The number of nitrogens with zero attached hydrogens (tertiary/aromatic N) is 3. The summed E-state index contributed by atoms with van der Waals surface area (Å²) in [4.78, 5) is 17.3. The van der Waals surface area contributed by atoms with E-state index >= 15 is 0 Å². The lowest BCUT2D eigenvalue weighted by Gasteiger charge is -2.35. The number of rotatable bonds is 10. The molecule has 0 atom stereocenters. The zero-order valence-electron chi connectivity index (χ0n) is 20.3. The number of hydrogen-bond donors (Lipinski definition) is 3. The molecule has 1 aliphatic rings. The van der Waals surface area contributed by atoms with Gasteiger partial charge < -0.3 is 24.8 Å². The number of ether oxygens (including phenoxy) is 2. The molecule has 1 amide bonds. The number of aromatic nitrogens is 2. The van der Waals surface area contributed by atoms with E-state index in [9.17, 15) is 4.79 Å². The minimum atomic E-state index is -0.195. The van der Waals surface area contributed by atoms with Gasteiger partial charge in [-0.15, -0.1) is 0 Å². The lowest BCUT2D eigenvalue weighted by molar-refractivity contribution is 0.102.